The van der Waals surface area contributed by atoms with Crippen LogP contribution in [-0.4, -0.2) is 35.8 Å². The molecule has 0 aliphatic heterocycles. The molecule has 7 nitrogen and oxygen atoms in total. The second-order valence-corrected chi connectivity index (χ2v) is 9.48. The van der Waals surface area contributed by atoms with Gasteiger partial charge in [-0.3, -0.25) is 19.4 Å². The van der Waals surface area contributed by atoms with Crippen LogP contribution in [-0.2, 0) is 4.79 Å². The molecule has 1 heterocycles. The Labute approximate surface area is 250 Å². The number of amides is 3. The molecule has 222 valence electrons. The summed E-state index contributed by atoms with van der Waals surface area (Å²) in [6.45, 7) is 2.84. The van der Waals surface area contributed by atoms with E-state index in [0.717, 1.165) is 44.9 Å². The number of carbonyl (C=O) groups excluding carboxylic acids is 3. The smallest absolute Gasteiger partial charge is 0.257 e. The van der Waals surface area contributed by atoms with Crippen LogP contribution in [0.1, 0.15) is 79.0 Å². The number of aromatic nitrogens is 1. The normalized spacial score (nSPS) is 11.7. The zero-order valence-electron chi connectivity index (χ0n) is 24.6. The van der Waals surface area contributed by atoms with E-state index in [9.17, 15) is 14.4 Å². The third-order valence-electron chi connectivity index (χ3n) is 5.99. The average molecular weight is 569 g/mol. The van der Waals surface area contributed by atoms with Gasteiger partial charge in [-0.25, -0.2) is 0 Å². The van der Waals surface area contributed by atoms with E-state index in [1.54, 1.807) is 42.6 Å². The van der Waals surface area contributed by atoms with E-state index in [2.05, 4.69) is 88.6 Å². The van der Waals surface area contributed by atoms with Crippen molar-refractivity contribution < 1.29 is 14.4 Å². The van der Waals surface area contributed by atoms with Crippen molar-refractivity contribution in [3.8, 4) is 0 Å². The molecule has 0 atom stereocenters. The Morgan fingerprint density at radius 1 is 0.690 bits per heavy atom. The molecule has 0 spiro atoms. The number of anilines is 1. The monoisotopic (exact) mass is 568 g/mol. The number of benzene rings is 1. The van der Waals surface area contributed by atoms with Crippen LogP contribution in [0.5, 0.6) is 0 Å². The summed E-state index contributed by atoms with van der Waals surface area (Å²) in [6, 6.07) is 9.99. The Balaban J connectivity index is 1.48. The lowest BCUT2D eigenvalue weighted by Crippen LogP contribution is -2.34. The van der Waals surface area contributed by atoms with Crippen molar-refractivity contribution in [2.75, 3.05) is 18.4 Å². The molecule has 3 amide bonds. The van der Waals surface area contributed by atoms with Gasteiger partial charge in [-0.2, -0.15) is 0 Å². The van der Waals surface area contributed by atoms with Crippen molar-refractivity contribution in [1.29, 1.82) is 0 Å². The molecule has 0 fully saturated rings. The van der Waals surface area contributed by atoms with Crippen molar-refractivity contribution in [1.82, 2.24) is 15.6 Å². The highest BCUT2D eigenvalue weighted by Gasteiger charge is 2.08. The Morgan fingerprint density at radius 2 is 1.29 bits per heavy atom. The van der Waals surface area contributed by atoms with Crippen LogP contribution in [0.3, 0.4) is 0 Å². The lowest BCUT2D eigenvalue weighted by atomic mass is 10.2. The molecule has 2 rings (SSSR count). The van der Waals surface area contributed by atoms with Crippen LogP contribution in [0.2, 0.25) is 0 Å². The summed E-state index contributed by atoms with van der Waals surface area (Å²) in [6.07, 6.45) is 31.8. The Morgan fingerprint density at radius 3 is 1.88 bits per heavy atom. The minimum atomic E-state index is -0.270. The minimum Gasteiger partial charge on any atom is -0.354 e. The van der Waals surface area contributed by atoms with Gasteiger partial charge in [0.2, 0.25) is 5.91 Å². The van der Waals surface area contributed by atoms with Gasteiger partial charge in [0.1, 0.15) is 0 Å². The summed E-state index contributed by atoms with van der Waals surface area (Å²) in [5.74, 6) is -0.535. The molecule has 0 bridgehead atoms. The lowest BCUT2D eigenvalue weighted by molar-refractivity contribution is -0.121. The molecule has 0 aliphatic carbocycles. The first kappa shape index (κ1) is 33.7. The van der Waals surface area contributed by atoms with Crippen LogP contribution in [0.25, 0.3) is 0 Å². The Kier molecular flexibility index (Phi) is 17.8. The minimum absolute atomic E-state index is 0.0229. The number of pyridine rings is 1. The van der Waals surface area contributed by atoms with Crippen molar-refractivity contribution >= 4 is 23.4 Å². The molecule has 0 saturated carbocycles. The van der Waals surface area contributed by atoms with Gasteiger partial charge in [-0.1, -0.05) is 67.7 Å². The van der Waals surface area contributed by atoms with Crippen molar-refractivity contribution in [2.45, 2.75) is 58.3 Å². The summed E-state index contributed by atoms with van der Waals surface area (Å²) in [5, 5.41) is 8.39. The van der Waals surface area contributed by atoms with Gasteiger partial charge in [-0.15, -0.1) is 0 Å². The van der Waals surface area contributed by atoms with Gasteiger partial charge in [-0.05, 0) is 81.3 Å². The fourth-order valence-electron chi connectivity index (χ4n) is 3.72. The number of rotatable bonds is 19. The quantitative estimate of drug-likeness (QED) is 0.124. The molecule has 2 aromatic rings. The first-order chi connectivity index (χ1) is 20.6. The lowest BCUT2D eigenvalue weighted by Gasteiger charge is -2.08. The molecule has 42 heavy (non-hydrogen) atoms. The SMILES string of the molecule is CC/C=C\C/C=C\C/C=C\C/C=C\C/C=C\CCCC(=O)NCCNC(=O)c1ccc(NC(=O)c2cccnc2)cc1. The van der Waals surface area contributed by atoms with Crippen LogP contribution in [0, 0.1) is 0 Å². The fraction of sp³-hybridized carbons (Fsp3) is 0.314. The second-order valence-electron chi connectivity index (χ2n) is 9.48. The summed E-state index contributed by atoms with van der Waals surface area (Å²) in [5.41, 5.74) is 1.51. The van der Waals surface area contributed by atoms with Gasteiger partial charge in [0, 0.05) is 43.2 Å². The van der Waals surface area contributed by atoms with Crippen LogP contribution in [0.4, 0.5) is 5.69 Å². The summed E-state index contributed by atoms with van der Waals surface area (Å²) < 4.78 is 0. The summed E-state index contributed by atoms with van der Waals surface area (Å²) in [7, 11) is 0. The number of hydrogen-bond acceptors (Lipinski definition) is 4. The molecule has 0 saturated heterocycles. The highest BCUT2D eigenvalue weighted by Crippen LogP contribution is 2.11. The Hall–Kier alpha value is -4.52. The third-order valence-corrected chi connectivity index (χ3v) is 5.99. The number of unbranched alkanes of at least 4 members (excludes halogenated alkanes) is 1. The second kappa shape index (κ2) is 22.2. The molecular formula is C35H44N4O3. The predicted octanol–water partition coefficient (Wildman–Crippen LogP) is 7.10. The van der Waals surface area contributed by atoms with Crippen LogP contribution >= 0.6 is 0 Å². The van der Waals surface area contributed by atoms with Crippen molar-refractivity contribution in [2.24, 2.45) is 0 Å². The van der Waals surface area contributed by atoms with E-state index in [-0.39, 0.29) is 17.7 Å². The van der Waals surface area contributed by atoms with Gasteiger partial charge >= 0.3 is 0 Å². The van der Waals surface area contributed by atoms with Gasteiger partial charge in [0.05, 0.1) is 5.56 Å². The number of allylic oxidation sites excluding steroid dienone is 10. The number of nitrogens with one attached hydrogen (secondary N) is 3. The topological polar surface area (TPSA) is 100 Å². The zero-order valence-corrected chi connectivity index (χ0v) is 24.6. The largest absolute Gasteiger partial charge is 0.354 e. The van der Waals surface area contributed by atoms with E-state index >= 15 is 0 Å². The van der Waals surface area contributed by atoms with E-state index in [0.29, 0.717) is 36.3 Å². The van der Waals surface area contributed by atoms with E-state index < -0.39 is 0 Å². The maximum atomic E-state index is 12.4. The highest BCUT2D eigenvalue weighted by molar-refractivity contribution is 6.04. The molecule has 7 heteroatoms. The predicted molar refractivity (Wildman–Crippen MR) is 172 cm³/mol. The van der Waals surface area contributed by atoms with Crippen molar-refractivity contribution in [3.05, 3.63) is 121 Å². The first-order valence-electron chi connectivity index (χ1n) is 14.7. The van der Waals surface area contributed by atoms with Crippen molar-refractivity contribution in [3.63, 3.8) is 0 Å². The molecule has 0 unspecified atom stereocenters. The fourth-order valence-corrected chi connectivity index (χ4v) is 3.72. The average Bonchev–Trinajstić information content (AvgIpc) is 3.01. The standard InChI is InChI=1S/C35H44N4O3/c1-2-3-4-5-6-7-8-9-10-11-12-13-14-15-16-17-18-21-33(40)37-27-28-38-34(41)30-22-24-32(25-23-30)39-35(42)31-20-19-26-36-29-31/h3-4,6-7,9-10,12-13,15-16,19-20,22-26,29H,2,5,8,11,14,17-18,21,27-28H2,1H3,(H,37,40)(H,38,41)(H,39,42)/b4-3-,7-6-,10-9-,13-12-,16-15-. The van der Waals surface area contributed by atoms with E-state index in [4.69, 9.17) is 0 Å². The zero-order chi connectivity index (χ0) is 30.1. The number of nitrogens with zero attached hydrogens (tertiary/aromatic N) is 1. The van der Waals surface area contributed by atoms with Crippen LogP contribution in [0.15, 0.2) is 110 Å². The van der Waals surface area contributed by atoms with E-state index in [1.165, 1.54) is 6.20 Å². The number of carbonyl (C=O) groups is 3. The third kappa shape index (κ3) is 15.9. The maximum Gasteiger partial charge on any atom is 0.257 e. The maximum absolute atomic E-state index is 12.4. The van der Waals surface area contributed by atoms with Gasteiger partial charge in [0.15, 0.2) is 0 Å². The van der Waals surface area contributed by atoms with Gasteiger partial charge < -0.3 is 16.0 Å². The summed E-state index contributed by atoms with van der Waals surface area (Å²) in [4.78, 5) is 40.5. The molecule has 1 aromatic heterocycles. The summed E-state index contributed by atoms with van der Waals surface area (Å²) >= 11 is 0. The molecule has 0 aliphatic rings. The first-order valence-corrected chi connectivity index (χ1v) is 14.7. The van der Waals surface area contributed by atoms with Crippen LogP contribution < -0.4 is 16.0 Å². The van der Waals surface area contributed by atoms with E-state index in [1.807, 2.05) is 0 Å². The molecule has 1 aromatic carbocycles. The molecule has 0 radical (unpaired) electrons. The number of hydrogen-bond donors (Lipinski definition) is 3. The highest BCUT2D eigenvalue weighted by atomic mass is 16.2. The Bertz CT molecular complexity index is 1210. The molecule has 3 N–H and O–H groups in total. The molecular weight excluding hydrogens is 524 g/mol. The van der Waals surface area contributed by atoms with Gasteiger partial charge in [0.25, 0.3) is 11.8 Å².